The monoisotopic (exact) mass is 570 g/mol. The van der Waals surface area contributed by atoms with Gasteiger partial charge in [-0.25, -0.2) is 0 Å². The van der Waals surface area contributed by atoms with Gasteiger partial charge < -0.3 is 36.2 Å². The van der Waals surface area contributed by atoms with Crippen LogP contribution in [-0.4, -0.2) is 112 Å². The predicted molar refractivity (Wildman–Crippen MR) is 149 cm³/mol. The number of anilines is 1. The number of primary amides is 1. The summed E-state index contributed by atoms with van der Waals surface area (Å²) in [4.78, 5) is 45.2. The molecule has 0 spiro atoms. The van der Waals surface area contributed by atoms with Crippen LogP contribution >= 0.6 is 0 Å². The summed E-state index contributed by atoms with van der Waals surface area (Å²) in [5.74, 6) is -6.67. The molecule has 0 bridgehead atoms. The molecule has 0 aromatic heterocycles. The third kappa shape index (κ3) is 4.32. The third-order valence-electron chi connectivity index (χ3n) is 9.17. The maximum absolute atomic E-state index is 14.0. The molecule has 1 fully saturated rings. The summed E-state index contributed by atoms with van der Waals surface area (Å²) in [6, 6.07) is 0.498. The quantitative estimate of drug-likeness (QED) is 0.264. The minimum absolute atomic E-state index is 0.00713. The van der Waals surface area contributed by atoms with E-state index in [1.165, 1.54) is 11.0 Å². The molecule has 222 valence electrons. The molecule has 1 aromatic rings. The van der Waals surface area contributed by atoms with Crippen LogP contribution in [0.1, 0.15) is 40.7 Å². The van der Waals surface area contributed by atoms with Crippen LogP contribution in [0.3, 0.4) is 0 Å². The number of aliphatic hydroxyl groups excluding tert-OH is 3. The molecule has 12 heteroatoms. The number of nitrogens with two attached hydrogens (primary N) is 1. The highest BCUT2D eigenvalue weighted by atomic mass is 16.3. The second-order valence-corrected chi connectivity index (χ2v) is 12.1. The summed E-state index contributed by atoms with van der Waals surface area (Å²) in [6.07, 6.45) is 1.23. The number of fused-ring (bicyclic) bond motifs is 3. The van der Waals surface area contributed by atoms with Gasteiger partial charge in [-0.3, -0.25) is 24.2 Å². The maximum atomic E-state index is 14.0. The Morgan fingerprint density at radius 2 is 1.76 bits per heavy atom. The van der Waals surface area contributed by atoms with E-state index in [1.54, 1.807) is 14.1 Å². The molecule has 4 aliphatic rings. The standard InChI is InChI=1S/C29H38N4O8/c1-31(2)22-14(12-33-7-5-15(34)6-8-33)11-18(35)20-16(22)9-13-10-17-23(32(3)4)25(37)21(28(30)40)27(39)29(17,41)26(38)19(13)24(20)36/h11,13,15,17,23,34-35,37-38,41H,5-10,12H2,1-4H3,(H2,30,40)/t13-,17-,23-,29-/m0/s1. The number of hydrogen-bond donors (Lipinski definition) is 6. The molecule has 0 unspecified atom stereocenters. The Bertz CT molecular complexity index is 1390. The van der Waals surface area contributed by atoms with Gasteiger partial charge in [-0.2, -0.15) is 0 Å². The molecule has 1 saturated heterocycles. The fourth-order valence-corrected chi connectivity index (χ4v) is 7.37. The lowest BCUT2D eigenvalue weighted by molar-refractivity contribution is -0.148. The first kappa shape index (κ1) is 29.1. The second-order valence-electron chi connectivity index (χ2n) is 12.1. The average Bonchev–Trinajstić information content (AvgIpc) is 2.86. The molecule has 0 saturated carbocycles. The maximum Gasteiger partial charge on any atom is 0.255 e. The Morgan fingerprint density at radius 1 is 1.12 bits per heavy atom. The van der Waals surface area contributed by atoms with Gasteiger partial charge in [0, 0.05) is 50.9 Å². The molecule has 1 aliphatic heterocycles. The molecular formula is C29H38N4O8. The fourth-order valence-electron chi connectivity index (χ4n) is 7.37. The lowest BCUT2D eigenvalue weighted by Crippen LogP contribution is -2.63. The number of aromatic hydroxyl groups is 1. The summed E-state index contributed by atoms with van der Waals surface area (Å²) in [5, 5.41) is 55.2. The van der Waals surface area contributed by atoms with Crippen molar-refractivity contribution < 1.29 is 39.9 Å². The number of likely N-dealkylation sites (N-methyl/N-ethyl adjacent to an activating group) is 1. The van der Waals surface area contributed by atoms with E-state index in [9.17, 15) is 39.9 Å². The summed E-state index contributed by atoms with van der Waals surface area (Å²) < 4.78 is 0. The number of piperidine rings is 1. The number of ketones is 2. The Balaban J connectivity index is 1.64. The van der Waals surface area contributed by atoms with Crippen LogP contribution in [0, 0.1) is 11.8 Å². The molecule has 1 heterocycles. The Morgan fingerprint density at radius 3 is 2.32 bits per heavy atom. The van der Waals surface area contributed by atoms with Crippen molar-refractivity contribution in [3.8, 4) is 5.75 Å². The Kier molecular flexibility index (Phi) is 7.17. The van der Waals surface area contributed by atoms with Crippen molar-refractivity contribution in [1.82, 2.24) is 9.80 Å². The zero-order valence-electron chi connectivity index (χ0n) is 23.7. The number of rotatable bonds is 5. The number of carbonyl (C=O) groups is 3. The number of phenolic OH excluding ortho intramolecular Hbond substituents is 1. The average molecular weight is 571 g/mol. The number of amides is 1. The fraction of sp³-hybridized carbons (Fsp3) is 0.552. The summed E-state index contributed by atoms with van der Waals surface area (Å²) >= 11 is 0. The minimum atomic E-state index is -2.66. The number of nitrogens with zero attached hydrogens (tertiary/aromatic N) is 3. The molecule has 3 aliphatic carbocycles. The van der Waals surface area contributed by atoms with Gasteiger partial charge in [-0.1, -0.05) is 0 Å². The van der Waals surface area contributed by atoms with Gasteiger partial charge in [-0.05, 0) is 62.9 Å². The first-order valence-corrected chi connectivity index (χ1v) is 13.8. The van der Waals surface area contributed by atoms with E-state index in [4.69, 9.17) is 5.73 Å². The molecule has 1 amide bonds. The summed E-state index contributed by atoms with van der Waals surface area (Å²) in [6.45, 7) is 1.89. The van der Waals surface area contributed by atoms with Gasteiger partial charge in [0.15, 0.2) is 11.4 Å². The third-order valence-corrected chi connectivity index (χ3v) is 9.17. The van der Waals surface area contributed by atoms with Gasteiger partial charge in [0.25, 0.3) is 5.91 Å². The van der Waals surface area contributed by atoms with Crippen molar-refractivity contribution in [2.45, 2.75) is 50.0 Å². The number of Topliss-reactive ketones (excluding diaryl/α,β-unsaturated/α-hetero) is 2. The number of aliphatic hydroxyl groups is 4. The Labute approximate surface area is 237 Å². The highest BCUT2D eigenvalue weighted by Crippen LogP contribution is 2.53. The number of carbonyl (C=O) groups excluding carboxylic acids is 3. The van der Waals surface area contributed by atoms with Crippen LogP contribution in [0.15, 0.2) is 28.7 Å². The minimum Gasteiger partial charge on any atom is -0.510 e. The van der Waals surface area contributed by atoms with E-state index in [-0.39, 0.29) is 35.8 Å². The van der Waals surface area contributed by atoms with Crippen molar-refractivity contribution in [3.63, 3.8) is 0 Å². The zero-order chi connectivity index (χ0) is 30.1. The van der Waals surface area contributed by atoms with E-state index >= 15 is 0 Å². The Hall–Kier alpha value is -3.45. The number of hydrogen-bond acceptors (Lipinski definition) is 11. The topological polar surface area (TPSA) is 188 Å². The largest absolute Gasteiger partial charge is 0.510 e. The highest BCUT2D eigenvalue weighted by Gasteiger charge is 2.63. The SMILES string of the molecule is CN(C)c1c(CN2CCC(O)CC2)cc(O)c2c1C[C@H]1C[C@H]3[C@H](N(C)C)C(O)=C(C(N)=O)C(=O)[C@@]3(O)C(O)=C1C2=O. The number of likely N-dealkylation sites (tertiary alicyclic amines) is 1. The molecule has 4 atom stereocenters. The van der Waals surface area contributed by atoms with Crippen molar-refractivity contribution in [2.75, 3.05) is 46.2 Å². The van der Waals surface area contributed by atoms with E-state index in [0.29, 0.717) is 38.0 Å². The second kappa shape index (κ2) is 10.1. The van der Waals surface area contributed by atoms with E-state index in [0.717, 1.165) is 11.3 Å². The predicted octanol–water partition coefficient (Wildman–Crippen LogP) is 0.143. The normalized spacial score (nSPS) is 29.0. The molecule has 12 nitrogen and oxygen atoms in total. The van der Waals surface area contributed by atoms with Crippen molar-refractivity contribution in [3.05, 3.63) is 45.4 Å². The molecule has 5 rings (SSSR count). The van der Waals surface area contributed by atoms with E-state index in [2.05, 4.69) is 4.90 Å². The van der Waals surface area contributed by atoms with Gasteiger partial charge in [0.2, 0.25) is 5.78 Å². The smallest absolute Gasteiger partial charge is 0.255 e. The van der Waals surface area contributed by atoms with Crippen molar-refractivity contribution >= 4 is 23.2 Å². The van der Waals surface area contributed by atoms with Crippen LogP contribution in [0.4, 0.5) is 5.69 Å². The molecule has 0 radical (unpaired) electrons. The van der Waals surface area contributed by atoms with Gasteiger partial charge >= 0.3 is 0 Å². The zero-order valence-corrected chi connectivity index (χ0v) is 23.7. The van der Waals surface area contributed by atoms with Crippen LogP contribution in [0.2, 0.25) is 0 Å². The van der Waals surface area contributed by atoms with Crippen molar-refractivity contribution in [1.29, 1.82) is 0 Å². The summed E-state index contributed by atoms with van der Waals surface area (Å²) in [5.41, 5.74) is 3.88. The van der Waals surface area contributed by atoms with Gasteiger partial charge in [-0.15, -0.1) is 0 Å². The lowest BCUT2D eigenvalue weighted by Gasteiger charge is -2.50. The lowest BCUT2D eigenvalue weighted by atomic mass is 9.58. The number of phenols is 1. The van der Waals surface area contributed by atoms with Crippen LogP contribution < -0.4 is 10.6 Å². The molecule has 41 heavy (non-hydrogen) atoms. The van der Waals surface area contributed by atoms with Gasteiger partial charge in [0.05, 0.1) is 17.7 Å². The first-order chi connectivity index (χ1) is 19.2. The highest BCUT2D eigenvalue weighted by molar-refractivity contribution is 6.24. The van der Waals surface area contributed by atoms with Crippen LogP contribution in [-0.2, 0) is 22.6 Å². The number of benzene rings is 1. The first-order valence-electron chi connectivity index (χ1n) is 13.8. The molecule has 1 aromatic carbocycles. The molecular weight excluding hydrogens is 532 g/mol. The van der Waals surface area contributed by atoms with E-state index < -0.39 is 58.0 Å². The van der Waals surface area contributed by atoms with Crippen molar-refractivity contribution in [2.24, 2.45) is 17.6 Å². The summed E-state index contributed by atoms with van der Waals surface area (Å²) in [7, 11) is 6.89. The van der Waals surface area contributed by atoms with Crippen LogP contribution in [0.25, 0.3) is 0 Å². The van der Waals surface area contributed by atoms with Crippen LogP contribution in [0.5, 0.6) is 5.75 Å². The van der Waals surface area contributed by atoms with E-state index in [1.807, 2.05) is 19.0 Å². The van der Waals surface area contributed by atoms with Gasteiger partial charge in [0.1, 0.15) is 22.8 Å². The number of allylic oxidation sites excluding steroid dienone is 1. The molecule has 7 N–H and O–H groups in total.